The molecule has 0 atom stereocenters. The summed E-state index contributed by atoms with van der Waals surface area (Å²) in [6.45, 7) is 4.49. The Morgan fingerprint density at radius 2 is 1.47 bits per heavy atom. The van der Waals surface area contributed by atoms with Crippen molar-refractivity contribution in [2.45, 2.75) is 39.0 Å². The van der Waals surface area contributed by atoms with E-state index in [0.29, 0.717) is 0 Å². The van der Waals surface area contributed by atoms with Crippen molar-refractivity contribution >= 4 is 5.69 Å². The number of piperidine rings is 1. The molecule has 0 amide bonds. The number of hydrogen-bond donors (Lipinski definition) is 0. The molecule has 1 fully saturated rings. The number of rotatable bonds is 1. The third kappa shape index (κ3) is 2.48. The molecule has 0 aromatic heterocycles. The van der Waals surface area contributed by atoms with Gasteiger partial charge < -0.3 is 4.90 Å². The zero-order valence-electron chi connectivity index (χ0n) is 17.5. The molecule has 1 aliphatic heterocycles. The second kappa shape index (κ2) is 6.74. The number of nitriles is 1. The molecule has 30 heavy (non-hydrogen) atoms. The first-order valence-corrected chi connectivity index (χ1v) is 11.3. The second-order valence-electron chi connectivity index (χ2n) is 9.20. The predicted molar refractivity (Wildman–Crippen MR) is 123 cm³/mol. The predicted octanol–water partition coefficient (Wildman–Crippen LogP) is 6.13. The summed E-state index contributed by atoms with van der Waals surface area (Å²) >= 11 is 0. The molecule has 1 heterocycles. The van der Waals surface area contributed by atoms with Crippen LogP contribution in [-0.2, 0) is 19.3 Å². The molecule has 0 unspecified atom stereocenters. The van der Waals surface area contributed by atoms with Gasteiger partial charge in [-0.25, -0.2) is 0 Å². The van der Waals surface area contributed by atoms with Crippen LogP contribution < -0.4 is 4.90 Å². The van der Waals surface area contributed by atoms with Gasteiger partial charge in [0.25, 0.3) is 0 Å². The Morgan fingerprint density at radius 3 is 2.20 bits per heavy atom. The van der Waals surface area contributed by atoms with Gasteiger partial charge in [0.05, 0.1) is 11.3 Å². The summed E-state index contributed by atoms with van der Waals surface area (Å²) in [6, 6.07) is 20.3. The van der Waals surface area contributed by atoms with Gasteiger partial charge in [-0.2, -0.15) is 5.26 Å². The lowest BCUT2D eigenvalue weighted by molar-refractivity contribution is 0.437. The number of anilines is 1. The highest BCUT2D eigenvalue weighted by Crippen LogP contribution is 2.52. The van der Waals surface area contributed by atoms with E-state index in [9.17, 15) is 5.26 Å². The van der Waals surface area contributed by atoms with Crippen molar-refractivity contribution in [1.29, 1.82) is 5.26 Å². The highest BCUT2D eigenvalue weighted by molar-refractivity contribution is 5.99. The molecule has 2 aliphatic carbocycles. The Balaban J connectivity index is 1.69. The summed E-state index contributed by atoms with van der Waals surface area (Å²) in [6.07, 6.45) is 5.39. The molecule has 2 heteroatoms. The van der Waals surface area contributed by atoms with Crippen LogP contribution >= 0.6 is 0 Å². The molecule has 0 spiro atoms. The van der Waals surface area contributed by atoms with Crippen molar-refractivity contribution in [1.82, 2.24) is 0 Å². The fraction of sp³-hybridized carbons (Fsp3) is 0.321. The van der Waals surface area contributed by atoms with E-state index in [-0.39, 0.29) is 0 Å². The molecular weight excluding hydrogens is 364 g/mol. The summed E-state index contributed by atoms with van der Waals surface area (Å²) in [5.41, 5.74) is 13.1. The van der Waals surface area contributed by atoms with Crippen LogP contribution in [0.5, 0.6) is 0 Å². The van der Waals surface area contributed by atoms with Crippen LogP contribution in [0, 0.1) is 17.2 Å². The van der Waals surface area contributed by atoms with Gasteiger partial charge in [-0.3, -0.25) is 0 Å². The van der Waals surface area contributed by atoms with Gasteiger partial charge in [0.1, 0.15) is 6.07 Å². The summed E-state index contributed by atoms with van der Waals surface area (Å²) in [7, 11) is 0. The zero-order valence-corrected chi connectivity index (χ0v) is 17.5. The zero-order chi connectivity index (χ0) is 20.2. The molecule has 1 saturated heterocycles. The topological polar surface area (TPSA) is 27.0 Å². The van der Waals surface area contributed by atoms with Crippen LogP contribution in [0.15, 0.2) is 48.5 Å². The quantitative estimate of drug-likeness (QED) is 0.391. The Bertz CT molecular complexity index is 1210. The second-order valence-corrected chi connectivity index (χ2v) is 9.20. The first-order chi connectivity index (χ1) is 14.8. The molecule has 2 nitrogen and oxygen atoms in total. The van der Waals surface area contributed by atoms with Crippen molar-refractivity contribution in [2.75, 3.05) is 18.0 Å². The number of benzene rings is 3. The smallest absolute Gasteiger partial charge is 0.102 e. The Hall–Kier alpha value is -3.05. The molecular formula is C28H26N2. The molecule has 0 N–H and O–H groups in total. The van der Waals surface area contributed by atoms with Gasteiger partial charge in [0.15, 0.2) is 0 Å². The first kappa shape index (κ1) is 17.8. The Kier molecular flexibility index (Phi) is 4.00. The Morgan fingerprint density at radius 1 is 0.833 bits per heavy atom. The maximum absolute atomic E-state index is 10.4. The van der Waals surface area contributed by atoms with Crippen LogP contribution in [0.2, 0.25) is 0 Å². The number of hydrogen-bond acceptors (Lipinski definition) is 2. The SMILES string of the molecule is CC1CCN(c2c(C#N)c3c(c4c2CCc2ccccc2-4)-c2ccccc2C3)CC1. The number of fused-ring (bicyclic) bond motifs is 7. The molecule has 3 aromatic rings. The van der Waals surface area contributed by atoms with Crippen LogP contribution in [0.1, 0.15) is 47.6 Å². The lowest BCUT2D eigenvalue weighted by Crippen LogP contribution is -2.34. The minimum Gasteiger partial charge on any atom is -0.370 e. The number of aryl methyl sites for hydroxylation is 1. The minimum atomic E-state index is 0.780. The molecule has 0 saturated carbocycles. The molecule has 0 bridgehead atoms. The van der Waals surface area contributed by atoms with Crippen molar-refractivity contribution in [3.05, 3.63) is 76.3 Å². The molecule has 0 radical (unpaired) electrons. The van der Waals surface area contributed by atoms with E-state index in [2.05, 4.69) is 66.4 Å². The van der Waals surface area contributed by atoms with Gasteiger partial charge in [-0.1, -0.05) is 55.5 Å². The summed E-state index contributed by atoms with van der Waals surface area (Å²) in [5.74, 6) is 0.780. The van der Waals surface area contributed by atoms with E-state index in [0.717, 1.165) is 43.8 Å². The van der Waals surface area contributed by atoms with E-state index in [1.165, 1.54) is 63.0 Å². The standard InChI is InChI=1S/C28H26N2/c1-18-12-14-30(15-13-18)28-23-11-10-19-6-2-4-8-21(19)26(23)27-22-9-5-3-7-20(22)16-24(27)25(28)17-29/h2-9,18H,10-16H2,1H3. The fourth-order valence-electron chi connectivity index (χ4n) is 5.91. The first-order valence-electron chi connectivity index (χ1n) is 11.3. The Labute approximate surface area is 178 Å². The summed E-state index contributed by atoms with van der Waals surface area (Å²) in [4.78, 5) is 2.54. The maximum Gasteiger partial charge on any atom is 0.102 e. The van der Waals surface area contributed by atoms with Gasteiger partial charge in [0.2, 0.25) is 0 Å². The fourth-order valence-corrected chi connectivity index (χ4v) is 5.91. The van der Waals surface area contributed by atoms with Gasteiger partial charge in [0, 0.05) is 19.5 Å². The minimum absolute atomic E-state index is 0.780. The van der Waals surface area contributed by atoms with Gasteiger partial charge >= 0.3 is 0 Å². The van der Waals surface area contributed by atoms with Crippen molar-refractivity contribution < 1.29 is 0 Å². The third-order valence-corrected chi connectivity index (χ3v) is 7.47. The van der Waals surface area contributed by atoms with Crippen molar-refractivity contribution in [3.63, 3.8) is 0 Å². The maximum atomic E-state index is 10.4. The lowest BCUT2D eigenvalue weighted by Gasteiger charge is -2.37. The van der Waals surface area contributed by atoms with Crippen molar-refractivity contribution in [3.8, 4) is 28.3 Å². The van der Waals surface area contributed by atoms with Crippen LogP contribution in [0.4, 0.5) is 5.69 Å². The molecule has 3 aromatic carbocycles. The average Bonchev–Trinajstić information content (AvgIpc) is 3.18. The monoisotopic (exact) mass is 390 g/mol. The molecule has 6 rings (SSSR count). The van der Waals surface area contributed by atoms with Gasteiger partial charge in [-0.15, -0.1) is 0 Å². The average molecular weight is 391 g/mol. The summed E-state index contributed by atoms with van der Waals surface area (Å²) in [5, 5.41) is 10.4. The normalized spacial score (nSPS) is 17.0. The van der Waals surface area contributed by atoms with Crippen LogP contribution in [-0.4, -0.2) is 13.1 Å². The van der Waals surface area contributed by atoms with E-state index < -0.39 is 0 Å². The summed E-state index contributed by atoms with van der Waals surface area (Å²) < 4.78 is 0. The lowest BCUT2D eigenvalue weighted by atomic mass is 9.78. The largest absolute Gasteiger partial charge is 0.370 e. The van der Waals surface area contributed by atoms with Crippen molar-refractivity contribution in [2.24, 2.45) is 5.92 Å². The van der Waals surface area contributed by atoms with E-state index in [1.54, 1.807) is 0 Å². The molecule has 3 aliphatic rings. The van der Waals surface area contributed by atoms with E-state index in [1.807, 2.05) is 0 Å². The van der Waals surface area contributed by atoms with Gasteiger partial charge in [-0.05, 0) is 76.1 Å². The van der Waals surface area contributed by atoms with Crippen LogP contribution in [0.3, 0.4) is 0 Å². The molecule has 148 valence electrons. The van der Waals surface area contributed by atoms with E-state index >= 15 is 0 Å². The van der Waals surface area contributed by atoms with E-state index in [4.69, 9.17) is 0 Å². The third-order valence-electron chi connectivity index (χ3n) is 7.47. The number of nitrogens with zero attached hydrogens (tertiary/aromatic N) is 2. The highest BCUT2D eigenvalue weighted by Gasteiger charge is 2.34. The van der Waals surface area contributed by atoms with Crippen LogP contribution in [0.25, 0.3) is 22.3 Å². The highest BCUT2D eigenvalue weighted by atomic mass is 15.1.